The number of hydrogen-bond donors (Lipinski definition) is 6. The molecule has 0 spiro atoms. The van der Waals surface area contributed by atoms with Crippen molar-refractivity contribution in [2.24, 2.45) is 0 Å². The highest BCUT2D eigenvalue weighted by Gasteiger charge is 2.44. The largest absolute Gasteiger partial charge is 0.466 e. The van der Waals surface area contributed by atoms with E-state index in [2.05, 4.69) is 31.3 Å². The van der Waals surface area contributed by atoms with Crippen molar-refractivity contribution in [3.8, 4) is 0 Å². The first-order valence-electron chi connectivity index (χ1n) is 24.6. The van der Waals surface area contributed by atoms with Gasteiger partial charge < -0.3 is 45.1 Å². The van der Waals surface area contributed by atoms with Crippen molar-refractivity contribution in [2.75, 3.05) is 19.8 Å². The van der Waals surface area contributed by atoms with E-state index in [9.17, 15) is 35.1 Å². The maximum Gasteiger partial charge on any atom is 0.305 e. The maximum absolute atomic E-state index is 12.9. The number of carbonyl (C=O) groups excluding carboxylic acids is 2. The van der Waals surface area contributed by atoms with Crippen LogP contribution < -0.4 is 5.32 Å². The van der Waals surface area contributed by atoms with E-state index >= 15 is 0 Å². The molecule has 0 radical (unpaired) electrons. The van der Waals surface area contributed by atoms with Gasteiger partial charge in [-0.1, -0.05) is 173 Å². The molecular weight excluding hydrogens is 763 g/mol. The third kappa shape index (κ3) is 30.2. The van der Waals surface area contributed by atoms with Crippen LogP contribution in [0.1, 0.15) is 213 Å². The lowest BCUT2D eigenvalue weighted by Crippen LogP contribution is -2.60. The van der Waals surface area contributed by atoms with E-state index in [1.54, 1.807) is 6.08 Å². The Morgan fingerprint density at radius 1 is 0.600 bits per heavy atom. The fourth-order valence-electron chi connectivity index (χ4n) is 7.53. The van der Waals surface area contributed by atoms with E-state index in [1.807, 2.05) is 6.08 Å². The summed E-state index contributed by atoms with van der Waals surface area (Å²) in [6, 6.07) is -0.819. The van der Waals surface area contributed by atoms with Gasteiger partial charge in [-0.25, -0.2) is 0 Å². The molecule has 1 heterocycles. The number of hydrogen-bond acceptors (Lipinski definition) is 10. The van der Waals surface area contributed by atoms with Crippen molar-refractivity contribution >= 4 is 11.9 Å². The molecule has 0 bridgehead atoms. The molecule has 0 aromatic carbocycles. The van der Waals surface area contributed by atoms with Crippen LogP contribution in [0, 0.1) is 0 Å². The van der Waals surface area contributed by atoms with E-state index < -0.39 is 49.5 Å². The zero-order chi connectivity index (χ0) is 43.9. The number of aliphatic hydroxyl groups is 5. The van der Waals surface area contributed by atoms with E-state index in [0.29, 0.717) is 19.4 Å². The van der Waals surface area contributed by atoms with Crippen molar-refractivity contribution < 1.29 is 49.3 Å². The second-order valence-corrected chi connectivity index (χ2v) is 17.2. The molecule has 352 valence electrons. The Labute approximate surface area is 365 Å². The maximum atomic E-state index is 12.9. The van der Waals surface area contributed by atoms with E-state index in [1.165, 1.54) is 116 Å². The van der Waals surface area contributed by atoms with Gasteiger partial charge in [0, 0.05) is 12.8 Å². The van der Waals surface area contributed by atoms with Gasteiger partial charge in [0.25, 0.3) is 0 Å². The highest BCUT2D eigenvalue weighted by Crippen LogP contribution is 2.23. The summed E-state index contributed by atoms with van der Waals surface area (Å²) >= 11 is 0. The van der Waals surface area contributed by atoms with Crippen molar-refractivity contribution in [1.29, 1.82) is 0 Å². The first kappa shape index (κ1) is 56.2. The minimum atomic E-state index is -1.58. The van der Waals surface area contributed by atoms with Crippen LogP contribution >= 0.6 is 0 Å². The van der Waals surface area contributed by atoms with Crippen LogP contribution in [0.15, 0.2) is 24.3 Å². The average molecular weight is 854 g/mol. The van der Waals surface area contributed by atoms with Gasteiger partial charge in [0.05, 0.1) is 32.0 Å². The van der Waals surface area contributed by atoms with Crippen LogP contribution in [0.4, 0.5) is 0 Å². The highest BCUT2D eigenvalue weighted by molar-refractivity contribution is 5.76. The second kappa shape index (κ2) is 40.0. The number of rotatable bonds is 41. The van der Waals surface area contributed by atoms with E-state index in [0.717, 1.165) is 70.6 Å². The number of nitrogens with one attached hydrogen (secondary N) is 1. The lowest BCUT2D eigenvalue weighted by atomic mass is 9.99. The number of allylic oxidation sites excluding steroid dienone is 3. The molecule has 1 saturated heterocycles. The topological polar surface area (TPSA) is 175 Å². The first-order chi connectivity index (χ1) is 29.2. The summed E-state index contributed by atoms with van der Waals surface area (Å²) in [6.07, 6.45) is 34.0. The normalized spacial score (nSPS) is 20.6. The third-order valence-electron chi connectivity index (χ3n) is 11.6. The van der Waals surface area contributed by atoms with Crippen LogP contribution in [-0.2, 0) is 23.8 Å². The highest BCUT2D eigenvalue weighted by atomic mass is 16.7. The molecule has 60 heavy (non-hydrogen) atoms. The number of ether oxygens (including phenoxy) is 3. The first-order valence-corrected chi connectivity index (χ1v) is 24.6. The molecule has 0 aromatic rings. The molecule has 1 rings (SSSR count). The Kier molecular flexibility index (Phi) is 37.4. The van der Waals surface area contributed by atoms with E-state index in [4.69, 9.17) is 14.2 Å². The monoisotopic (exact) mass is 854 g/mol. The molecule has 1 amide bonds. The van der Waals surface area contributed by atoms with Gasteiger partial charge in [0.2, 0.25) is 5.91 Å². The Morgan fingerprint density at radius 3 is 1.65 bits per heavy atom. The second-order valence-electron chi connectivity index (χ2n) is 17.2. The molecule has 6 N–H and O–H groups in total. The Balaban J connectivity index is 2.17. The molecule has 0 saturated carbocycles. The van der Waals surface area contributed by atoms with Gasteiger partial charge >= 0.3 is 5.97 Å². The number of unbranched alkanes of at least 4 members (excludes halogenated alkanes) is 25. The summed E-state index contributed by atoms with van der Waals surface area (Å²) in [4.78, 5) is 24.9. The smallest absolute Gasteiger partial charge is 0.305 e. The third-order valence-corrected chi connectivity index (χ3v) is 11.6. The average Bonchev–Trinajstić information content (AvgIpc) is 3.24. The van der Waals surface area contributed by atoms with Gasteiger partial charge in [-0.15, -0.1) is 0 Å². The fraction of sp³-hybridized carbons (Fsp3) is 0.878. The summed E-state index contributed by atoms with van der Waals surface area (Å²) in [5, 5.41) is 54.0. The molecule has 11 nitrogen and oxygen atoms in total. The zero-order valence-electron chi connectivity index (χ0n) is 38.2. The van der Waals surface area contributed by atoms with Gasteiger partial charge in [0.15, 0.2) is 6.29 Å². The van der Waals surface area contributed by atoms with E-state index in [-0.39, 0.29) is 18.5 Å². The van der Waals surface area contributed by atoms with Gasteiger partial charge in [0.1, 0.15) is 24.4 Å². The molecular formula is C49H91NO10. The Morgan fingerprint density at radius 2 is 1.08 bits per heavy atom. The molecule has 1 fully saturated rings. The fourth-order valence-corrected chi connectivity index (χ4v) is 7.53. The van der Waals surface area contributed by atoms with Gasteiger partial charge in [-0.2, -0.15) is 0 Å². The molecule has 11 heteroatoms. The van der Waals surface area contributed by atoms with Crippen LogP contribution in [-0.4, -0.2) is 100 Å². The summed E-state index contributed by atoms with van der Waals surface area (Å²) < 4.78 is 16.6. The van der Waals surface area contributed by atoms with Crippen LogP contribution in [0.2, 0.25) is 0 Å². The van der Waals surface area contributed by atoms with Gasteiger partial charge in [-0.05, 0) is 51.4 Å². The standard InChI is InChI=1S/C49H91NO10/c1-3-5-7-9-11-13-16-21-25-29-33-37-45(54)58-38-34-30-26-22-18-15-14-17-20-24-28-32-36-44(53)50-41(42(52)35-31-27-23-19-12-10-8-6-4-2)40-59-49-48(57)47(56)46(55)43(39-51)60-49/h9,11,31,35,41-43,46-49,51-52,55-57H,3-8,10,12-30,32-34,36-40H2,1-2H3,(H,50,53)/b11-9-,35-31+. The molecule has 1 aliphatic heterocycles. The van der Waals surface area contributed by atoms with Crippen molar-refractivity contribution in [3.63, 3.8) is 0 Å². The lowest BCUT2D eigenvalue weighted by molar-refractivity contribution is -0.302. The van der Waals surface area contributed by atoms with Crippen molar-refractivity contribution in [1.82, 2.24) is 5.32 Å². The predicted octanol–water partition coefficient (Wildman–Crippen LogP) is 9.44. The van der Waals surface area contributed by atoms with Crippen molar-refractivity contribution in [2.45, 2.75) is 256 Å². The number of amides is 1. The summed E-state index contributed by atoms with van der Waals surface area (Å²) in [7, 11) is 0. The SMILES string of the molecule is CCCC/C=C\CCCCCCCC(=O)OCCCCCCCCCCCCCCC(=O)NC(COC1OC(CO)C(O)C(O)C1O)C(O)/C=C/CCCCCCCCC. The van der Waals surface area contributed by atoms with Gasteiger partial charge in [-0.3, -0.25) is 9.59 Å². The quantitative estimate of drug-likeness (QED) is 0.0198. The number of esters is 1. The zero-order valence-corrected chi connectivity index (χ0v) is 38.2. The molecule has 0 aliphatic carbocycles. The lowest BCUT2D eigenvalue weighted by Gasteiger charge is -2.40. The minimum Gasteiger partial charge on any atom is -0.466 e. The molecule has 1 aliphatic rings. The summed E-state index contributed by atoms with van der Waals surface area (Å²) in [5.74, 6) is -0.246. The van der Waals surface area contributed by atoms with Crippen molar-refractivity contribution in [3.05, 3.63) is 24.3 Å². The molecule has 0 aromatic heterocycles. The van der Waals surface area contributed by atoms with Crippen LogP contribution in [0.5, 0.6) is 0 Å². The molecule has 7 unspecified atom stereocenters. The summed E-state index contributed by atoms with van der Waals surface area (Å²) in [5.41, 5.74) is 0. The number of aliphatic hydroxyl groups excluding tert-OH is 5. The minimum absolute atomic E-state index is 0.0452. The Hall–Kier alpha value is -1.86. The summed E-state index contributed by atoms with van der Waals surface area (Å²) in [6.45, 7) is 4.20. The van der Waals surface area contributed by atoms with Crippen LogP contribution in [0.3, 0.4) is 0 Å². The Bertz CT molecular complexity index is 1060. The van der Waals surface area contributed by atoms with Crippen LogP contribution in [0.25, 0.3) is 0 Å². The molecule has 7 atom stereocenters. The number of carbonyl (C=O) groups is 2. The predicted molar refractivity (Wildman–Crippen MR) is 241 cm³/mol.